The summed E-state index contributed by atoms with van der Waals surface area (Å²) in [6.07, 6.45) is -11.1. The molecule has 2 aliphatic rings. The number of ketones is 1. The van der Waals surface area contributed by atoms with Gasteiger partial charge in [0.1, 0.15) is 24.4 Å². The molecular weight excluding hydrogens is 451 g/mol. The second-order valence-corrected chi connectivity index (χ2v) is 8.34. The normalized spacial score (nSPS) is 41.4. The van der Waals surface area contributed by atoms with E-state index in [0.29, 0.717) is 6.42 Å². The van der Waals surface area contributed by atoms with Crippen LogP contribution in [-0.4, -0.2) is 98.5 Å². The van der Waals surface area contributed by atoms with E-state index in [4.69, 9.17) is 23.7 Å². The fourth-order valence-corrected chi connectivity index (χ4v) is 4.22. The maximum Gasteiger partial charge on any atom is 1.00 e. The second-order valence-electron chi connectivity index (χ2n) is 7.33. The standard InChI is InChI=1S/C17H30O12S.Na/c1-6-9-13(10(19)7(2)16(25-5)26-9)28-17-15(29-30(21,22)23)11(20)14(24-4)12(27-17)8(3)18;/h7,9-17,19-20H,6H2,1-5H3,(H,21,22,23);/q;+1/p-1. The molecule has 2 saturated heterocycles. The molecule has 0 aromatic rings. The zero-order chi connectivity index (χ0) is 22.8. The molecule has 0 aromatic heterocycles. The van der Waals surface area contributed by atoms with Crippen LogP contribution in [0.2, 0.25) is 0 Å². The van der Waals surface area contributed by atoms with Crippen LogP contribution in [0.25, 0.3) is 0 Å². The third kappa shape index (κ3) is 6.88. The van der Waals surface area contributed by atoms with E-state index in [1.165, 1.54) is 21.1 Å². The molecule has 14 heteroatoms. The van der Waals surface area contributed by atoms with Gasteiger partial charge in [0.05, 0.1) is 12.2 Å². The second kappa shape index (κ2) is 12.1. The van der Waals surface area contributed by atoms with Crippen molar-refractivity contribution < 1.29 is 85.4 Å². The molecule has 2 fully saturated rings. The molecule has 2 aliphatic heterocycles. The Kier molecular flexibility index (Phi) is 11.4. The molecule has 0 amide bonds. The third-order valence-electron chi connectivity index (χ3n) is 5.33. The average molecular weight is 480 g/mol. The number of rotatable bonds is 8. The van der Waals surface area contributed by atoms with E-state index in [-0.39, 0.29) is 29.6 Å². The van der Waals surface area contributed by atoms with E-state index in [1.807, 2.05) is 0 Å². The number of aliphatic hydroxyl groups excluding tert-OH is 2. The number of methoxy groups -OCH3 is 2. The fourth-order valence-electron chi connectivity index (χ4n) is 3.74. The summed E-state index contributed by atoms with van der Waals surface area (Å²) in [6.45, 7) is 4.61. The van der Waals surface area contributed by atoms with Crippen molar-refractivity contribution in [2.24, 2.45) is 5.92 Å². The Hall–Kier alpha value is 0.260. The van der Waals surface area contributed by atoms with Crippen molar-refractivity contribution in [1.29, 1.82) is 0 Å². The van der Waals surface area contributed by atoms with Gasteiger partial charge >= 0.3 is 29.6 Å². The van der Waals surface area contributed by atoms with Gasteiger partial charge in [-0.1, -0.05) is 13.8 Å². The quantitative estimate of drug-likeness (QED) is 0.195. The predicted octanol–water partition coefficient (Wildman–Crippen LogP) is -4.31. The minimum atomic E-state index is -5.28. The molecular formula is C17H29NaO12S. The van der Waals surface area contributed by atoms with Crippen molar-refractivity contribution in [3.05, 3.63) is 0 Å². The SMILES string of the molecule is CCC1OC(OC)C(C)C(O)C1OC1OC(C(C)=O)C(OC)C(O)C1OS(=O)(=O)[O-].[Na+]. The first-order valence-corrected chi connectivity index (χ1v) is 10.8. The zero-order valence-electron chi connectivity index (χ0n) is 18.4. The Bertz CT molecular complexity index is 689. The predicted molar refractivity (Wildman–Crippen MR) is 96.7 cm³/mol. The Morgan fingerprint density at radius 1 is 1.03 bits per heavy atom. The summed E-state index contributed by atoms with van der Waals surface area (Å²) in [5.41, 5.74) is 0. The molecule has 176 valence electrons. The average Bonchev–Trinajstić information content (AvgIpc) is 2.67. The summed E-state index contributed by atoms with van der Waals surface area (Å²) in [5, 5.41) is 21.3. The fraction of sp³-hybridized carbons (Fsp3) is 0.941. The third-order valence-corrected chi connectivity index (χ3v) is 5.79. The maximum absolute atomic E-state index is 12.0. The molecule has 2 rings (SSSR count). The van der Waals surface area contributed by atoms with Gasteiger partial charge in [-0.3, -0.25) is 8.98 Å². The van der Waals surface area contributed by atoms with Gasteiger partial charge in [-0.25, -0.2) is 8.42 Å². The van der Waals surface area contributed by atoms with E-state index in [1.54, 1.807) is 13.8 Å². The van der Waals surface area contributed by atoms with Crippen LogP contribution in [0.1, 0.15) is 27.2 Å². The summed E-state index contributed by atoms with van der Waals surface area (Å²) >= 11 is 0. The van der Waals surface area contributed by atoms with Gasteiger partial charge in [0.25, 0.3) is 0 Å². The van der Waals surface area contributed by atoms with Crippen molar-refractivity contribution in [2.45, 2.75) is 82.5 Å². The molecule has 0 radical (unpaired) electrons. The molecule has 0 aromatic carbocycles. The summed E-state index contributed by atoms with van der Waals surface area (Å²) in [4.78, 5) is 12.0. The van der Waals surface area contributed by atoms with Gasteiger partial charge in [0, 0.05) is 20.1 Å². The number of carbonyl (C=O) groups is 1. The van der Waals surface area contributed by atoms with Gasteiger partial charge < -0.3 is 38.5 Å². The van der Waals surface area contributed by atoms with Crippen LogP contribution < -0.4 is 29.6 Å². The van der Waals surface area contributed by atoms with Crippen LogP contribution in [0.5, 0.6) is 0 Å². The van der Waals surface area contributed by atoms with Gasteiger partial charge in [-0.15, -0.1) is 0 Å². The van der Waals surface area contributed by atoms with Crippen molar-refractivity contribution >= 4 is 16.2 Å². The largest absolute Gasteiger partial charge is 1.00 e. The molecule has 0 aliphatic carbocycles. The Morgan fingerprint density at radius 2 is 1.65 bits per heavy atom. The van der Waals surface area contributed by atoms with Crippen LogP contribution in [0.15, 0.2) is 0 Å². The van der Waals surface area contributed by atoms with Crippen molar-refractivity contribution in [3.8, 4) is 0 Å². The Labute approximate surface area is 203 Å². The van der Waals surface area contributed by atoms with Crippen LogP contribution >= 0.6 is 0 Å². The van der Waals surface area contributed by atoms with Crippen LogP contribution in [0.3, 0.4) is 0 Å². The molecule has 2 N–H and O–H groups in total. The zero-order valence-corrected chi connectivity index (χ0v) is 21.2. The van der Waals surface area contributed by atoms with Crippen LogP contribution in [-0.2, 0) is 43.1 Å². The van der Waals surface area contributed by atoms with E-state index < -0.39 is 77.4 Å². The maximum atomic E-state index is 12.0. The first-order valence-electron chi connectivity index (χ1n) is 9.47. The first kappa shape index (κ1) is 29.3. The van der Waals surface area contributed by atoms with Crippen molar-refractivity contribution in [1.82, 2.24) is 0 Å². The number of hydrogen-bond acceptors (Lipinski definition) is 12. The molecule has 10 unspecified atom stereocenters. The summed E-state index contributed by atoms with van der Waals surface area (Å²) in [5.74, 6) is -1.06. The smallest absolute Gasteiger partial charge is 0.726 e. The number of ether oxygens (including phenoxy) is 5. The minimum Gasteiger partial charge on any atom is -0.726 e. The van der Waals surface area contributed by atoms with Crippen molar-refractivity contribution in [2.75, 3.05) is 14.2 Å². The van der Waals surface area contributed by atoms with E-state index >= 15 is 0 Å². The molecule has 0 bridgehead atoms. The summed E-state index contributed by atoms with van der Waals surface area (Å²) < 4.78 is 65.4. The topological polar surface area (TPSA) is 170 Å². The molecule has 12 nitrogen and oxygen atoms in total. The van der Waals surface area contributed by atoms with Gasteiger partial charge in [-0.05, 0) is 13.3 Å². The summed E-state index contributed by atoms with van der Waals surface area (Å²) in [7, 11) is -2.68. The molecule has 31 heavy (non-hydrogen) atoms. The number of hydrogen-bond donors (Lipinski definition) is 2. The Balaban J connectivity index is 0.00000480. The molecule has 10 atom stereocenters. The number of aliphatic hydroxyl groups is 2. The number of Topliss-reactive ketones (excluding diaryl/α,β-unsaturated/α-hetero) is 1. The van der Waals surface area contributed by atoms with E-state index in [9.17, 15) is 28.0 Å². The van der Waals surface area contributed by atoms with Gasteiger partial charge in [0.15, 0.2) is 24.5 Å². The van der Waals surface area contributed by atoms with Gasteiger partial charge in [-0.2, -0.15) is 0 Å². The van der Waals surface area contributed by atoms with Crippen LogP contribution in [0.4, 0.5) is 0 Å². The summed E-state index contributed by atoms with van der Waals surface area (Å²) in [6, 6.07) is 0. The molecule has 0 spiro atoms. The monoisotopic (exact) mass is 480 g/mol. The first-order chi connectivity index (χ1) is 13.9. The Morgan fingerprint density at radius 3 is 2.10 bits per heavy atom. The minimum absolute atomic E-state index is 0. The number of carbonyl (C=O) groups excluding carboxylic acids is 1. The molecule has 2 heterocycles. The van der Waals surface area contributed by atoms with Gasteiger partial charge in [0.2, 0.25) is 10.4 Å². The van der Waals surface area contributed by atoms with E-state index in [2.05, 4.69) is 4.18 Å². The van der Waals surface area contributed by atoms with Crippen molar-refractivity contribution in [3.63, 3.8) is 0 Å². The van der Waals surface area contributed by atoms with Crippen LogP contribution in [0, 0.1) is 5.92 Å². The van der Waals surface area contributed by atoms with E-state index in [0.717, 1.165) is 0 Å². The molecule has 0 saturated carbocycles.